The van der Waals surface area contributed by atoms with Gasteiger partial charge < -0.3 is 10.00 Å². The average Bonchev–Trinajstić information content (AvgIpc) is 3.13. The quantitative estimate of drug-likeness (QED) is 0.857. The van der Waals surface area contributed by atoms with Crippen LogP contribution in [-0.2, 0) is 0 Å². The SMILES string of the molecule is [O-][P+]1(c2cc(F)ccc2O)N(c2ccccc2)C[C@@H]2CCCN21. The molecule has 0 radical (unpaired) electrons. The van der Waals surface area contributed by atoms with Gasteiger partial charge in [0.05, 0.1) is 18.3 Å². The summed E-state index contributed by atoms with van der Waals surface area (Å²) in [6.45, 7) is 1.35. The molecule has 2 atom stereocenters. The number of hydrogen-bond acceptors (Lipinski definition) is 4. The van der Waals surface area contributed by atoms with Gasteiger partial charge in [-0.15, -0.1) is 0 Å². The van der Waals surface area contributed by atoms with E-state index in [1.165, 1.54) is 18.2 Å². The lowest BCUT2D eigenvalue weighted by atomic mass is 10.2. The van der Waals surface area contributed by atoms with Crippen molar-refractivity contribution in [3.05, 3.63) is 54.3 Å². The Hall–Kier alpha value is -1.68. The summed E-state index contributed by atoms with van der Waals surface area (Å²) in [5, 5.41) is 10.5. The molecule has 0 saturated carbocycles. The molecule has 0 bridgehead atoms. The summed E-state index contributed by atoms with van der Waals surface area (Å²) in [6, 6.07) is 13.4. The van der Waals surface area contributed by atoms with Gasteiger partial charge in [0, 0.05) is 12.6 Å². The fourth-order valence-corrected chi connectivity index (χ4v) is 7.05. The third-order valence-corrected chi connectivity index (χ3v) is 7.97. The van der Waals surface area contributed by atoms with Crippen LogP contribution in [0.3, 0.4) is 0 Å². The third kappa shape index (κ3) is 2.23. The zero-order valence-corrected chi connectivity index (χ0v) is 13.5. The molecule has 4 nitrogen and oxygen atoms in total. The second kappa shape index (κ2) is 5.45. The van der Waals surface area contributed by atoms with Gasteiger partial charge in [0.2, 0.25) is 0 Å². The Labute approximate surface area is 135 Å². The highest BCUT2D eigenvalue weighted by atomic mass is 31.2. The maximum Gasteiger partial charge on any atom is 0.174 e. The highest BCUT2D eigenvalue weighted by Gasteiger charge is 2.57. The monoisotopic (exact) mass is 332 g/mol. The van der Waals surface area contributed by atoms with Crippen LogP contribution >= 0.6 is 7.79 Å². The molecule has 0 spiro atoms. The third-order valence-electron chi connectivity index (χ3n) is 4.71. The number of benzene rings is 2. The summed E-state index contributed by atoms with van der Waals surface area (Å²) < 4.78 is 17.6. The summed E-state index contributed by atoms with van der Waals surface area (Å²) in [6.07, 6.45) is 1.96. The number of fused-ring (bicyclic) bond motifs is 1. The number of phenolic OH excluding ortho intramolecular Hbond substituents is 1. The number of phenols is 1. The van der Waals surface area contributed by atoms with Crippen molar-refractivity contribution in [2.75, 3.05) is 17.8 Å². The van der Waals surface area contributed by atoms with Crippen molar-refractivity contribution < 1.29 is 14.4 Å². The first kappa shape index (κ1) is 14.9. The van der Waals surface area contributed by atoms with Crippen molar-refractivity contribution in [3.8, 4) is 5.75 Å². The maximum absolute atomic E-state index is 14.1. The number of rotatable bonds is 2. The Kier molecular flexibility index (Phi) is 3.52. The second-order valence-corrected chi connectivity index (χ2v) is 8.62. The molecule has 4 rings (SSSR count). The number of nitrogens with zero attached hydrogens (tertiary/aromatic N) is 2. The molecular formula is C17H18FN2O2P. The average molecular weight is 332 g/mol. The molecule has 2 heterocycles. The van der Waals surface area contributed by atoms with Crippen LogP contribution in [0.5, 0.6) is 5.75 Å². The van der Waals surface area contributed by atoms with Gasteiger partial charge in [-0.3, -0.25) is 0 Å². The van der Waals surface area contributed by atoms with E-state index in [0.29, 0.717) is 13.1 Å². The van der Waals surface area contributed by atoms with Gasteiger partial charge in [-0.2, -0.15) is 4.67 Å². The van der Waals surface area contributed by atoms with Crippen LogP contribution in [0.1, 0.15) is 12.8 Å². The van der Waals surface area contributed by atoms with Crippen molar-refractivity contribution in [3.63, 3.8) is 0 Å². The minimum absolute atomic E-state index is 0.108. The molecule has 2 aliphatic rings. The minimum atomic E-state index is -3.25. The summed E-state index contributed by atoms with van der Waals surface area (Å²) >= 11 is 0. The van der Waals surface area contributed by atoms with Crippen molar-refractivity contribution in [1.82, 2.24) is 4.67 Å². The first-order valence-corrected chi connectivity index (χ1v) is 9.41. The smallest absolute Gasteiger partial charge is 0.174 e. The van der Waals surface area contributed by atoms with Gasteiger partial charge >= 0.3 is 0 Å². The number of aromatic hydroxyl groups is 1. The maximum atomic E-state index is 14.1. The Bertz CT molecular complexity index is 730. The van der Waals surface area contributed by atoms with Gasteiger partial charge in [0.25, 0.3) is 0 Å². The molecule has 0 aromatic heterocycles. The number of para-hydroxylation sites is 1. The number of hydrogen-bond donors (Lipinski definition) is 1. The van der Waals surface area contributed by atoms with E-state index in [4.69, 9.17) is 0 Å². The zero-order chi connectivity index (χ0) is 16.0. The van der Waals surface area contributed by atoms with Crippen molar-refractivity contribution in [2.24, 2.45) is 0 Å². The molecule has 2 aliphatic heterocycles. The van der Waals surface area contributed by atoms with Crippen molar-refractivity contribution in [1.29, 1.82) is 0 Å². The summed E-state index contributed by atoms with van der Waals surface area (Å²) in [4.78, 5) is 14.1. The normalized spacial score (nSPS) is 27.4. The molecule has 23 heavy (non-hydrogen) atoms. The largest absolute Gasteiger partial charge is 0.642 e. The Balaban J connectivity index is 1.88. The lowest BCUT2D eigenvalue weighted by molar-refractivity contribution is -0.176. The predicted octanol–water partition coefficient (Wildman–Crippen LogP) is 2.26. The van der Waals surface area contributed by atoms with Crippen molar-refractivity contribution >= 4 is 18.8 Å². The molecular weight excluding hydrogens is 314 g/mol. The van der Waals surface area contributed by atoms with E-state index < -0.39 is 13.6 Å². The van der Waals surface area contributed by atoms with E-state index >= 15 is 0 Å². The van der Waals surface area contributed by atoms with Crippen LogP contribution in [0.25, 0.3) is 0 Å². The lowest BCUT2D eigenvalue weighted by Crippen LogP contribution is -2.41. The Morgan fingerprint density at radius 2 is 1.96 bits per heavy atom. The molecule has 1 N–H and O–H groups in total. The molecule has 2 fully saturated rings. The van der Waals surface area contributed by atoms with Gasteiger partial charge in [-0.05, 0) is 37.1 Å². The van der Waals surface area contributed by atoms with Crippen LogP contribution in [0.15, 0.2) is 48.5 Å². The topological polar surface area (TPSA) is 49.8 Å². The van der Waals surface area contributed by atoms with E-state index in [-0.39, 0.29) is 17.1 Å². The first-order chi connectivity index (χ1) is 11.1. The molecule has 1 unspecified atom stereocenters. The molecule has 2 aromatic rings. The number of halogens is 1. The van der Waals surface area contributed by atoms with E-state index in [9.17, 15) is 14.4 Å². The molecule has 0 amide bonds. The van der Waals surface area contributed by atoms with Gasteiger partial charge in [0.1, 0.15) is 5.82 Å². The summed E-state index contributed by atoms with van der Waals surface area (Å²) in [5.74, 6) is -0.591. The van der Waals surface area contributed by atoms with Gasteiger partial charge in [-0.1, -0.05) is 18.2 Å². The van der Waals surface area contributed by atoms with Crippen LogP contribution < -0.4 is 14.9 Å². The summed E-state index contributed by atoms with van der Waals surface area (Å²) in [7, 11) is -3.25. The van der Waals surface area contributed by atoms with Crippen LogP contribution in [0.4, 0.5) is 10.1 Å². The predicted molar refractivity (Wildman–Crippen MR) is 88.1 cm³/mol. The molecule has 0 aliphatic carbocycles. The second-order valence-electron chi connectivity index (χ2n) is 6.05. The Morgan fingerprint density at radius 1 is 1.17 bits per heavy atom. The Morgan fingerprint density at radius 3 is 2.74 bits per heavy atom. The summed E-state index contributed by atoms with van der Waals surface area (Å²) in [5.41, 5.74) is 0.842. The van der Waals surface area contributed by atoms with Gasteiger partial charge in [0.15, 0.2) is 18.8 Å². The molecule has 120 valence electrons. The van der Waals surface area contributed by atoms with E-state index in [1.54, 1.807) is 0 Å². The fourth-order valence-electron chi connectivity index (χ4n) is 3.67. The minimum Gasteiger partial charge on any atom is -0.642 e. The first-order valence-electron chi connectivity index (χ1n) is 7.80. The number of anilines is 1. The highest BCUT2D eigenvalue weighted by Crippen LogP contribution is 2.65. The van der Waals surface area contributed by atoms with Crippen LogP contribution in [-0.4, -0.2) is 28.9 Å². The van der Waals surface area contributed by atoms with Crippen molar-refractivity contribution in [2.45, 2.75) is 18.9 Å². The molecule has 2 aromatic carbocycles. The molecule has 2 saturated heterocycles. The van der Waals surface area contributed by atoms with E-state index in [0.717, 1.165) is 18.5 Å². The van der Waals surface area contributed by atoms with E-state index in [2.05, 4.69) is 0 Å². The zero-order valence-electron chi connectivity index (χ0n) is 12.6. The van der Waals surface area contributed by atoms with Crippen LogP contribution in [0, 0.1) is 5.82 Å². The highest BCUT2D eigenvalue weighted by molar-refractivity contribution is 7.76. The van der Waals surface area contributed by atoms with Gasteiger partial charge in [-0.25, -0.2) is 9.06 Å². The molecule has 6 heteroatoms. The fraction of sp³-hybridized carbons (Fsp3) is 0.294. The van der Waals surface area contributed by atoms with E-state index in [1.807, 2.05) is 39.7 Å². The standard InChI is InChI=1S/C17H18FN2O2P/c18-13-8-9-16(21)17(11-13)23(22)19-10-4-7-15(19)12-20(23)14-5-2-1-3-6-14/h1-3,5-6,8-9,11,15,21H,4,7,10,12H2/t15-,23?/m0/s1. The van der Waals surface area contributed by atoms with Crippen LogP contribution in [0.2, 0.25) is 0 Å². The lowest BCUT2D eigenvalue weighted by Gasteiger charge is -2.39.